The van der Waals surface area contributed by atoms with E-state index in [4.69, 9.17) is 9.47 Å². The molecule has 5 rings (SSSR count). The molecule has 2 aromatic rings. The van der Waals surface area contributed by atoms with E-state index in [0.717, 1.165) is 37.4 Å². The maximum Gasteiger partial charge on any atom is 0.142 e. The summed E-state index contributed by atoms with van der Waals surface area (Å²) in [4.78, 5) is 4.29. The molecule has 0 bridgehead atoms. The van der Waals surface area contributed by atoms with Gasteiger partial charge < -0.3 is 19.7 Å². The van der Waals surface area contributed by atoms with Gasteiger partial charge in [0.1, 0.15) is 25.0 Å². The minimum Gasteiger partial charge on any atom is -0.478 e. The number of nitrogens with zero attached hydrogens (tertiary/aromatic N) is 2. The number of hydrogen-bond donors (Lipinski definition) is 2. The summed E-state index contributed by atoms with van der Waals surface area (Å²) in [5, 5.41) is 18.7. The van der Waals surface area contributed by atoms with Crippen molar-refractivity contribution in [2.24, 2.45) is 0 Å². The first kappa shape index (κ1) is 21.7. The zero-order chi connectivity index (χ0) is 22.0. The minimum atomic E-state index is 0.000815. The highest BCUT2D eigenvalue weighted by Gasteiger charge is 2.37. The molecule has 32 heavy (non-hydrogen) atoms. The standard InChI is InChI=1S/C26H34N2O4/c29-12-10-27-16-20-14-22(4-6-24(20)31-18-27)26(8-2-1-3-9-26)23-5-7-25-21(15-23)17-28(11-13-30)19-32-25/h4-7,14-15,29-30H,1-3,8-13,16-19H2. The second-order valence-corrected chi connectivity index (χ2v) is 9.39. The van der Waals surface area contributed by atoms with Crippen LogP contribution >= 0.6 is 0 Å². The van der Waals surface area contributed by atoms with Gasteiger partial charge in [0, 0.05) is 42.7 Å². The van der Waals surface area contributed by atoms with Crippen LogP contribution in [0.2, 0.25) is 0 Å². The Morgan fingerprint density at radius 3 is 1.69 bits per heavy atom. The van der Waals surface area contributed by atoms with Crippen molar-refractivity contribution in [2.45, 2.75) is 50.6 Å². The lowest BCUT2D eigenvalue weighted by Crippen LogP contribution is -2.36. The maximum atomic E-state index is 9.34. The number of fused-ring (bicyclic) bond motifs is 2. The lowest BCUT2D eigenvalue weighted by Gasteiger charge is -2.40. The van der Waals surface area contributed by atoms with Crippen LogP contribution in [0, 0.1) is 0 Å². The highest BCUT2D eigenvalue weighted by Crippen LogP contribution is 2.47. The third kappa shape index (κ3) is 4.13. The number of rotatable bonds is 6. The molecule has 172 valence electrons. The van der Waals surface area contributed by atoms with Crippen LogP contribution in [-0.2, 0) is 18.5 Å². The van der Waals surface area contributed by atoms with Crippen molar-refractivity contribution >= 4 is 0 Å². The van der Waals surface area contributed by atoms with Gasteiger partial charge in [-0.3, -0.25) is 9.80 Å². The van der Waals surface area contributed by atoms with Crippen LogP contribution in [0.25, 0.3) is 0 Å². The van der Waals surface area contributed by atoms with Crippen LogP contribution < -0.4 is 9.47 Å². The Morgan fingerprint density at radius 1 is 0.719 bits per heavy atom. The number of β-amino-alcohol motifs (C(OH)–C–C–N with tert-alkyl or cyclic N) is 2. The number of ether oxygens (including phenoxy) is 2. The van der Waals surface area contributed by atoms with E-state index in [9.17, 15) is 10.2 Å². The monoisotopic (exact) mass is 438 g/mol. The van der Waals surface area contributed by atoms with Gasteiger partial charge in [-0.2, -0.15) is 0 Å². The van der Waals surface area contributed by atoms with Crippen LogP contribution in [-0.4, -0.2) is 59.8 Å². The van der Waals surface area contributed by atoms with Crippen LogP contribution in [0.1, 0.15) is 54.4 Å². The van der Waals surface area contributed by atoms with E-state index < -0.39 is 0 Å². The molecular weight excluding hydrogens is 404 g/mol. The fourth-order valence-corrected chi connectivity index (χ4v) is 5.65. The number of aliphatic hydroxyl groups is 2. The predicted octanol–water partition coefficient (Wildman–Crippen LogP) is 3.23. The van der Waals surface area contributed by atoms with Crippen molar-refractivity contribution in [3.63, 3.8) is 0 Å². The Hall–Kier alpha value is -2.12. The number of hydrogen-bond acceptors (Lipinski definition) is 6. The van der Waals surface area contributed by atoms with E-state index in [1.165, 1.54) is 41.5 Å². The summed E-state index contributed by atoms with van der Waals surface area (Å²) in [5.74, 6) is 1.93. The highest BCUT2D eigenvalue weighted by molar-refractivity contribution is 5.49. The van der Waals surface area contributed by atoms with E-state index in [-0.39, 0.29) is 18.6 Å². The zero-order valence-corrected chi connectivity index (χ0v) is 18.8. The van der Waals surface area contributed by atoms with Gasteiger partial charge >= 0.3 is 0 Å². The molecule has 2 N–H and O–H groups in total. The van der Waals surface area contributed by atoms with Crippen LogP contribution in [0.4, 0.5) is 0 Å². The Bertz CT molecular complexity index is 872. The summed E-state index contributed by atoms with van der Waals surface area (Å²) >= 11 is 0. The molecule has 0 spiro atoms. The first-order chi connectivity index (χ1) is 15.7. The average Bonchev–Trinajstić information content (AvgIpc) is 2.84. The lowest BCUT2D eigenvalue weighted by molar-refractivity contribution is 0.0768. The van der Waals surface area contributed by atoms with Crippen LogP contribution in [0.3, 0.4) is 0 Å². The molecule has 2 heterocycles. The van der Waals surface area contributed by atoms with Crippen molar-refractivity contribution in [3.8, 4) is 11.5 Å². The molecule has 0 aromatic heterocycles. The van der Waals surface area contributed by atoms with Crippen molar-refractivity contribution in [3.05, 3.63) is 58.7 Å². The molecule has 2 aromatic carbocycles. The van der Waals surface area contributed by atoms with E-state index >= 15 is 0 Å². The second-order valence-electron chi connectivity index (χ2n) is 9.39. The van der Waals surface area contributed by atoms with Gasteiger partial charge in [0.25, 0.3) is 0 Å². The molecule has 3 aliphatic rings. The summed E-state index contributed by atoms with van der Waals surface area (Å²) in [6, 6.07) is 13.5. The molecule has 6 nitrogen and oxygen atoms in total. The summed E-state index contributed by atoms with van der Waals surface area (Å²) in [5.41, 5.74) is 5.16. The Balaban J connectivity index is 1.50. The third-order valence-corrected chi connectivity index (χ3v) is 7.36. The summed E-state index contributed by atoms with van der Waals surface area (Å²) in [6.07, 6.45) is 6.04. The second kappa shape index (κ2) is 9.40. The summed E-state index contributed by atoms with van der Waals surface area (Å²) < 4.78 is 11.9. The number of aliphatic hydroxyl groups excluding tert-OH is 2. The smallest absolute Gasteiger partial charge is 0.142 e. The van der Waals surface area contributed by atoms with Gasteiger partial charge in [0.15, 0.2) is 0 Å². The van der Waals surface area contributed by atoms with Gasteiger partial charge in [0.05, 0.1) is 13.2 Å². The van der Waals surface area contributed by atoms with Gasteiger partial charge in [-0.05, 0) is 48.2 Å². The van der Waals surface area contributed by atoms with E-state index in [0.29, 0.717) is 26.6 Å². The first-order valence-corrected chi connectivity index (χ1v) is 11.9. The van der Waals surface area contributed by atoms with Crippen molar-refractivity contribution < 1.29 is 19.7 Å². The largest absolute Gasteiger partial charge is 0.478 e. The van der Waals surface area contributed by atoms with Crippen LogP contribution in [0.5, 0.6) is 11.5 Å². The third-order valence-electron chi connectivity index (χ3n) is 7.36. The number of benzene rings is 2. The first-order valence-electron chi connectivity index (χ1n) is 11.9. The Labute approximate surface area is 190 Å². The average molecular weight is 439 g/mol. The van der Waals surface area contributed by atoms with Crippen molar-refractivity contribution in [2.75, 3.05) is 39.8 Å². The predicted molar refractivity (Wildman–Crippen MR) is 123 cm³/mol. The minimum absolute atomic E-state index is 0.000815. The molecule has 0 unspecified atom stereocenters. The van der Waals surface area contributed by atoms with E-state index in [2.05, 4.69) is 46.2 Å². The highest BCUT2D eigenvalue weighted by atomic mass is 16.5. The molecular formula is C26H34N2O4. The van der Waals surface area contributed by atoms with Gasteiger partial charge in [-0.15, -0.1) is 0 Å². The lowest BCUT2D eigenvalue weighted by atomic mass is 9.65. The molecule has 0 saturated heterocycles. The van der Waals surface area contributed by atoms with E-state index in [1.807, 2.05) is 0 Å². The van der Waals surface area contributed by atoms with Crippen molar-refractivity contribution in [1.82, 2.24) is 9.80 Å². The molecule has 1 fully saturated rings. The molecule has 0 atom stereocenters. The fourth-order valence-electron chi connectivity index (χ4n) is 5.65. The molecule has 1 aliphatic carbocycles. The fraction of sp³-hybridized carbons (Fsp3) is 0.538. The molecule has 1 saturated carbocycles. The van der Waals surface area contributed by atoms with E-state index in [1.54, 1.807) is 0 Å². The van der Waals surface area contributed by atoms with Gasteiger partial charge in [-0.1, -0.05) is 31.4 Å². The molecule has 0 amide bonds. The summed E-state index contributed by atoms with van der Waals surface area (Å²) in [7, 11) is 0. The van der Waals surface area contributed by atoms with Crippen LogP contribution in [0.15, 0.2) is 36.4 Å². The summed E-state index contributed by atoms with van der Waals surface area (Å²) in [6.45, 7) is 4.25. The molecule has 6 heteroatoms. The Morgan fingerprint density at radius 2 is 1.22 bits per heavy atom. The SMILES string of the molecule is OCCN1COc2ccc(C3(c4ccc5c(c4)CN(CCO)CO5)CCCCC3)cc2C1. The molecule has 0 radical (unpaired) electrons. The maximum absolute atomic E-state index is 9.34. The normalized spacial score (nSPS) is 20.7. The van der Waals surface area contributed by atoms with Gasteiger partial charge in [0.2, 0.25) is 0 Å². The van der Waals surface area contributed by atoms with Crippen molar-refractivity contribution in [1.29, 1.82) is 0 Å². The van der Waals surface area contributed by atoms with Gasteiger partial charge in [-0.25, -0.2) is 0 Å². The zero-order valence-electron chi connectivity index (χ0n) is 18.8. The Kier molecular flexibility index (Phi) is 6.37. The topological polar surface area (TPSA) is 65.4 Å². The molecule has 2 aliphatic heterocycles. The quantitative estimate of drug-likeness (QED) is 0.722.